The minimum absolute atomic E-state index is 0.0577. The summed E-state index contributed by atoms with van der Waals surface area (Å²) < 4.78 is 0. The van der Waals surface area contributed by atoms with Crippen LogP contribution in [0.4, 0.5) is 0 Å². The van der Waals surface area contributed by atoms with Gasteiger partial charge in [0.1, 0.15) is 6.61 Å². The fourth-order valence-corrected chi connectivity index (χ4v) is 2.86. The third-order valence-electron chi connectivity index (χ3n) is 1.55. The monoisotopic (exact) mass is 226 g/mol. The lowest BCUT2D eigenvalue weighted by molar-refractivity contribution is 0.350. The molecule has 0 aliphatic rings. The predicted molar refractivity (Wildman–Crippen MR) is 64.7 cm³/mol. The summed E-state index contributed by atoms with van der Waals surface area (Å²) in [7, 11) is 0. The van der Waals surface area contributed by atoms with Gasteiger partial charge in [-0.15, -0.1) is 11.3 Å². The van der Waals surface area contributed by atoms with E-state index >= 15 is 0 Å². The normalized spacial score (nSPS) is 9.57. The molecule has 0 bridgehead atoms. The first-order valence-electron chi connectivity index (χ1n) is 4.63. The summed E-state index contributed by atoms with van der Waals surface area (Å²) in [6, 6.07) is 4.14. The fraction of sp³-hybridized carbons (Fsp3) is 0.455. The van der Waals surface area contributed by atoms with Crippen LogP contribution in [0.25, 0.3) is 0 Å². The van der Waals surface area contributed by atoms with Crippen LogP contribution in [0.1, 0.15) is 23.1 Å². The molecule has 3 heteroatoms. The molecule has 0 fully saturated rings. The smallest absolute Gasteiger partial charge is 0.104 e. The average Bonchev–Trinajstić information content (AvgIpc) is 2.63. The molecule has 0 aromatic carbocycles. The summed E-state index contributed by atoms with van der Waals surface area (Å²) in [4.78, 5) is 2.41. The largest absolute Gasteiger partial charge is 0.384 e. The first-order valence-corrected chi connectivity index (χ1v) is 6.60. The standard InChI is InChI=1S/C11H14OS2/c1-2-8-13-9-11-6-5-10(14-11)4-3-7-12/h5-6,12H,2,7-9H2,1H3. The van der Waals surface area contributed by atoms with Crippen LogP contribution in [-0.2, 0) is 5.75 Å². The Balaban J connectivity index is 2.42. The number of thiophene rings is 1. The Hall–Kier alpha value is -0.430. The lowest BCUT2D eigenvalue weighted by Gasteiger charge is -1.94. The molecular weight excluding hydrogens is 212 g/mol. The van der Waals surface area contributed by atoms with Crippen LogP contribution in [0.5, 0.6) is 0 Å². The molecule has 0 radical (unpaired) electrons. The lowest BCUT2D eigenvalue weighted by Crippen LogP contribution is -1.75. The summed E-state index contributed by atoms with van der Waals surface area (Å²) >= 11 is 3.67. The van der Waals surface area contributed by atoms with Crippen molar-refractivity contribution in [2.75, 3.05) is 12.4 Å². The molecule has 0 spiro atoms. The van der Waals surface area contributed by atoms with Crippen molar-refractivity contribution in [3.8, 4) is 11.8 Å². The van der Waals surface area contributed by atoms with Crippen LogP contribution in [0, 0.1) is 11.8 Å². The first kappa shape index (κ1) is 11.6. The maximum atomic E-state index is 8.53. The van der Waals surface area contributed by atoms with E-state index < -0.39 is 0 Å². The third-order valence-corrected chi connectivity index (χ3v) is 3.94. The maximum Gasteiger partial charge on any atom is 0.104 e. The molecule has 1 N–H and O–H groups in total. The van der Waals surface area contributed by atoms with Crippen molar-refractivity contribution in [3.05, 3.63) is 21.9 Å². The van der Waals surface area contributed by atoms with E-state index in [2.05, 4.69) is 24.8 Å². The van der Waals surface area contributed by atoms with E-state index in [4.69, 9.17) is 5.11 Å². The molecule has 1 aromatic heterocycles. The molecular formula is C11H14OS2. The molecule has 76 valence electrons. The molecule has 0 aliphatic carbocycles. The number of aliphatic hydroxyl groups excluding tert-OH is 1. The number of thioether (sulfide) groups is 1. The number of hydrogen-bond donors (Lipinski definition) is 1. The van der Waals surface area contributed by atoms with Crippen molar-refractivity contribution in [3.63, 3.8) is 0 Å². The van der Waals surface area contributed by atoms with E-state index in [0.29, 0.717) is 0 Å². The van der Waals surface area contributed by atoms with Crippen LogP contribution in [0.3, 0.4) is 0 Å². The van der Waals surface area contributed by atoms with Crippen molar-refractivity contribution in [1.29, 1.82) is 0 Å². The lowest BCUT2D eigenvalue weighted by atomic mass is 10.4. The molecule has 0 saturated heterocycles. The van der Waals surface area contributed by atoms with Gasteiger partial charge in [-0.1, -0.05) is 18.8 Å². The summed E-state index contributed by atoms with van der Waals surface area (Å²) in [5.74, 6) is 7.87. The van der Waals surface area contributed by atoms with E-state index in [9.17, 15) is 0 Å². The molecule has 14 heavy (non-hydrogen) atoms. The number of rotatable bonds is 4. The quantitative estimate of drug-likeness (QED) is 0.629. The van der Waals surface area contributed by atoms with Crippen LogP contribution >= 0.6 is 23.1 Å². The minimum Gasteiger partial charge on any atom is -0.384 e. The van der Waals surface area contributed by atoms with E-state index in [0.717, 1.165) is 10.6 Å². The highest BCUT2D eigenvalue weighted by molar-refractivity contribution is 7.98. The van der Waals surface area contributed by atoms with E-state index in [-0.39, 0.29) is 6.61 Å². The molecule has 1 nitrogen and oxygen atoms in total. The van der Waals surface area contributed by atoms with Gasteiger partial charge in [0, 0.05) is 10.6 Å². The average molecular weight is 226 g/mol. The Bertz CT molecular complexity index is 320. The first-order chi connectivity index (χ1) is 6.86. The molecule has 1 aromatic rings. The zero-order valence-corrected chi connectivity index (χ0v) is 9.88. The third kappa shape index (κ3) is 4.19. The molecule has 0 amide bonds. The molecule has 0 aliphatic heterocycles. The Morgan fingerprint density at radius 1 is 1.50 bits per heavy atom. The van der Waals surface area contributed by atoms with Crippen molar-refractivity contribution >= 4 is 23.1 Å². The second kappa shape index (κ2) is 6.94. The predicted octanol–water partition coefficient (Wildman–Crippen LogP) is 2.74. The van der Waals surface area contributed by atoms with E-state index in [1.807, 2.05) is 17.8 Å². The van der Waals surface area contributed by atoms with E-state index in [1.165, 1.54) is 17.1 Å². The van der Waals surface area contributed by atoms with Gasteiger partial charge in [-0.3, -0.25) is 0 Å². The molecule has 1 rings (SSSR count). The Kier molecular flexibility index (Phi) is 5.77. The van der Waals surface area contributed by atoms with Gasteiger partial charge >= 0.3 is 0 Å². The highest BCUT2D eigenvalue weighted by Gasteiger charge is 1.97. The summed E-state index contributed by atoms with van der Waals surface area (Å²) in [5.41, 5.74) is 0. The van der Waals surface area contributed by atoms with Crippen LogP contribution in [0.2, 0.25) is 0 Å². The summed E-state index contributed by atoms with van der Waals surface area (Å²) in [5, 5.41) is 8.53. The van der Waals surface area contributed by atoms with Crippen molar-refractivity contribution < 1.29 is 5.11 Å². The number of hydrogen-bond acceptors (Lipinski definition) is 3. The van der Waals surface area contributed by atoms with Gasteiger partial charge in [0.2, 0.25) is 0 Å². The van der Waals surface area contributed by atoms with Gasteiger partial charge < -0.3 is 5.11 Å². The number of aliphatic hydroxyl groups is 1. The van der Waals surface area contributed by atoms with Crippen molar-refractivity contribution in [2.45, 2.75) is 19.1 Å². The molecule has 0 saturated carbocycles. The minimum atomic E-state index is -0.0577. The Morgan fingerprint density at radius 3 is 3.07 bits per heavy atom. The van der Waals surface area contributed by atoms with Crippen molar-refractivity contribution in [1.82, 2.24) is 0 Å². The SMILES string of the molecule is CCCSCc1ccc(C#CCO)s1. The zero-order chi connectivity index (χ0) is 10.2. The van der Waals surface area contributed by atoms with Gasteiger partial charge in [0.15, 0.2) is 0 Å². The van der Waals surface area contributed by atoms with Crippen LogP contribution in [0.15, 0.2) is 12.1 Å². The van der Waals surface area contributed by atoms with Gasteiger partial charge in [0.05, 0.1) is 4.88 Å². The Labute approximate surface area is 93.5 Å². The molecule has 1 heterocycles. The Morgan fingerprint density at radius 2 is 2.36 bits per heavy atom. The van der Waals surface area contributed by atoms with Crippen LogP contribution in [-0.4, -0.2) is 17.5 Å². The summed E-state index contributed by atoms with van der Waals surface area (Å²) in [6.07, 6.45) is 1.23. The van der Waals surface area contributed by atoms with Gasteiger partial charge in [-0.25, -0.2) is 0 Å². The molecule has 0 unspecified atom stereocenters. The fourth-order valence-electron chi connectivity index (χ4n) is 0.966. The maximum absolute atomic E-state index is 8.53. The second-order valence-corrected chi connectivity index (χ2v) is 5.05. The van der Waals surface area contributed by atoms with Gasteiger partial charge in [-0.05, 0) is 24.3 Å². The highest BCUT2D eigenvalue weighted by Crippen LogP contribution is 2.21. The van der Waals surface area contributed by atoms with E-state index in [1.54, 1.807) is 11.3 Å². The van der Waals surface area contributed by atoms with Crippen molar-refractivity contribution in [2.24, 2.45) is 0 Å². The second-order valence-electron chi connectivity index (χ2n) is 2.78. The molecule has 0 atom stereocenters. The highest BCUT2D eigenvalue weighted by atomic mass is 32.2. The summed E-state index contributed by atoms with van der Waals surface area (Å²) in [6.45, 7) is 2.14. The van der Waals surface area contributed by atoms with Crippen LogP contribution < -0.4 is 0 Å². The topological polar surface area (TPSA) is 20.2 Å². The van der Waals surface area contributed by atoms with Gasteiger partial charge in [-0.2, -0.15) is 11.8 Å². The van der Waals surface area contributed by atoms with Gasteiger partial charge in [0.25, 0.3) is 0 Å². The zero-order valence-electron chi connectivity index (χ0n) is 8.25.